The summed E-state index contributed by atoms with van der Waals surface area (Å²) in [7, 11) is 0. The minimum atomic E-state index is -1.06. The van der Waals surface area contributed by atoms with Crippen molar-refractivity contribution in [1.82, 2.24) is 15.1 Å². The van der Waals surface area contributed by atoms with E-state index < -0.39 is 18.2 Å². The summed E-state index contributed by atoms with van der Waals surface area (Å²) in [6, 6.07) is 14.6. The molecule has 2 aromatic carbocycles. The van der Waals surface area contributed by atoms with Crippen LogP contribution in [0.4, 0.5) is 15.3 Å². The number of nitrogens with one attached hydrogen (secondary N) is 2. The van der Waals surface area contributed by atoms with Crippen LogP contribution >= 0.6 is 0 Å². The first-order valence-corrected chi connectivity index (χ1v) is 13.2. The lowest BCUT2D eigenvalue weighted by molar-refractivity contribution is -0.143. The monoisotopic (exact) mass is 551 g/mol. The Labute approximate surface area is 232 Å². The van der Waals surface area contributed by atoms with Crippen molar-refractivity contribution in [2.75, 3.05) is 57.3 Å². The van der Waals surface area contributed by atoms with Gasteiger partial charge in [-0.2, -0.15) is 0 Å². The predicted molar refractivity (Wildman–Crippen MR) is 145 cm³/mol. The maximum absolute atomic E-state index is 12.6. The number of hydrogen-bond acceptors (Lipinski definition) is 10. The Morgan fingerprint density at radius 2 is 1.65 bits per heavy atom. The van der Waals surface area contributed by atoms with E-state index >= 15 is 0 Å². The Hall–Kier alpha value is -4.29. The Morgan fingerprint density at radius 1 is 0.975 bits per heavy atom. The van der Waals surface area contributed by atoms with Gasteiger partial charge in [0, 0.05) is 50.5 Å². The standard InChI is InChI=1S/C28H33N5O7/c1-2-38-24(34)12-13-31-14-16-32(17-15-31)18-23-19-33(28(37)39-23)22-10-8-20(9-11-22)25(29)30-27(36)40-26(35)21-6-4-3-5-7-21/h3-11,23H,2,12-19H2,1H3,(H2,29,30,36)/t23-/m1/s1. The molecule has 40 heavy (non-hydrogen) atoms. The molecule has 2 aliphatic rings. The fourth-order valence-electron chi connectivity index (χ4n) is 4.52. The van der Waals surface area contributed by atoms with Crippen molar-refractivity contribution in [2.45, 2.75) is 19.4 Å². The molecule has 2 fully saturated rings. The Bertz CT molecular complexity index is 1210. The van der Waals surface area contributed by atoms with Crippen LogP contribution in [0.25, 0.3) is 0 Å². The molecule has 0 unspecified atom stereocenters. The van der Waals surface area contributed by atoms with Crippen molar-refractivity contribution in [3.63, 3.8) is 0 Å². The highest BCUT2D eigenvalue weighted by Gasteiger charge is 2.34. The predicted octanol–water partition coefficient (Wildman–Crippen LogP) is 2.47. The fourth-order valence-corrected chi connectivity index (χ4v) is 4.52. The van der Waals surface area contributed by atoms with Gasteiger partial charge < -0.3 is 19.1 Å². The summed E-state index contributed by atoms with van der Waals surface area (Å²) in [6.45, 7) is 7.18. The van der Waals surface area contributed by atoms with Crippen molar-refractivity contribution >= 4 is 35.6 Å². The second-order valence-electron chi connectivity index (χ2n) is 9.40. The second kappa shape index (κ2) is 13.7. The van der Waals surface area contributed by atoms with Crippen LogP contribution in [0.1, 0.15) is 29.3 Å². The maximum atomic E-state index is 12.6. The molecule has 0 radical (unpaired) electrons. The van der Waals surface area contributed by atoms with Crippen LogP contribution in [-0.4, -0.2) is 98.3 Å². The molecule has 2 heterocycles. The van der Waals surface area contributed by atoms with Crippen molar-refractivity contribution in [3.05, 3.63) is 65.7 Å². The van der Waals surface area contributed by atoms with Gasteiger partial charge in [0.05, 0.1) is 25.1 Å². The molecular weight excluding hydrogens is 518 g/mol. The van der Waals surface area contributed by atoms with Crippen LogP contribution in [0.3, 0.4) is 0 Å². The first kappa shape index (κ1) is 28.7. The highest BCUT2D eigenvalue weighted by atomic mass is 16.6. The Kier molecular flexibility index (Phi) is 9.81. The van der Waals surface area contributed by atoms with Crippen molar-refractivity contribution in [3.8, 4) is 0 Å². The van der Waals surface area contributed by atoms with Gasteiger partial charge in [-0.3, -0.25) is 25.3 Å². The molecule has 4 rings (SSSR count). The van der Waals surface area contributed by atoms with Crippen LogP contribution < -0.4 is 10.2 Å². The van der Waals surface area contributed by atoms with E-state index in [0.717, 1.165) is 26.2 Å². The SMILES string of the molecule is CCOC(=O)CCN1CCN(C[C@@H]2CN(c3ccc(C(=N)NC(=O)OC(=O)c4ccccc4)cc3)C(=O)O2)CC1. The van der Waals surface area contributed by atoms with Gasteiger partial charge in [-0.05, 0) is 43.3 Å². The van der Waals surface area contributed by atoms with E-state index in [1.165, 1.54) is 17.0 Å². The molecule has 212 valence electrons. The number of rotatable bonds is 9. The van der Waals surface area contributed by atoms with E-state index in [9.17, 15) is 19.2 Å². The first-order chi connectivity index (χ1) is 19.3. The molecule has 0 saturated carbocycles. The van der Waals surface area contributed by atoms with E-state index in [1.54, 1.807) is 49.4 Å². The first-order valence-electron chi connectivity index (χ1n) is 13.2. The van der Waals surface area contributed by atoms with Crippen molar-refractivity contribution in [1.29, 1.82) is 5.41 Å². The normalized spacial score (nSPS) is 17.7. The number of ether oxygens (including phenoxy) is 3. The number of nitrogens with zero attached hydrogens (tertiary/aromatic N) is 3. The summed E-state index contributed by atoms with van der Waals surface area (Å²) in [5, 5.41) is 10.4. The van der Waals surface area contributed by atoms with Gasteiger partial charge in [0.15, 0.2) is 0 Å². The van der Waals surface area contributed by atoms with Gasteiger partial charge in [-0.15, -0.1) is 0 Å². The van der Waals surface area contributed by atoms with Gasteiger partial charge >= 0.3 is 24.1 Å². The average Bonchev–Trinajstić information content (AvgIpc) is 3.32. The quantitative estimate of drug-likeness (QED) is 0.158. The number of piperazine rings is 1. The number of benzene rings is 2. The second-order valence-corrected chi connectivity index (χ2v) is 9.40. The molecule has 0 spiro atoms. The third kappa shape index (κ3) is 7.87. The third-order valence-electron chi connectivity index (χ3n) is 6.63. The zero-order valence-electron chi connectivity index (χ0n) is 22.3. The lowest BCUT2D eigenvalue weighted by Gasteiger charge is -2.35. The highest BCUT2D eigenvalue weighted by molar-refractivity contribution is 6.07. The molecule has 12 nitrogen and oxygen atoms in total. The van der Waals surface area contributed by atoms with Crippen LogP contribution in [-0.2, 0) is 19.0 Å². The number of cyclic esters (lactones) is 1. The number of amidine groups is 1. The number of alkyl carbamates (subject to hydrolysis) is 1. The lowest BCUT2D eigenvalue weighted by Crippen LogP contribution is -2.49. The maximum Gasteiger partial charge on any atom is 0.420 e. The van der Waals surface area contributed by atoms with Gasteiger partial charge in [0.25, 0.3) is 0 Å². The molecule has 0 aromatic heterocycles. The summed E-state index contributed by atoms with van der Waals surface area (Å²) in [4.78, 5) is 54.2. The summed E-state index contributed by atoms with van der Waals surface area (Å²) < 4.78 is 15.3. The van der Waals surface area contributed by atoms with E-state index in [4.69, 9.17) is 19.6 Å². The summed E-state index contributed by atoms with van der Waals surface area (Å²) >= 11 is 0. The molecular formula is C28H33N5O7. The number of esters is 2. The van der Waals surface area contributed by atoms with Crippen LogP contribution in [0.2, 0.25) is 0 Å². The number of amides is 2. The summed E-state index contributed by atoms with van der Waals surface area (Å²) in [6.07, 6.45) is -1.40. The summed E-state index contributed by atoms with van der Waals surface area (Å²) in [5.41, 5.74) is 1.20. The molecule has 0 aliphatic carbocycles. The third-order valence-corrected chi connectivity index (χ3v) is 6.63. The molecule has 2 saturated heterocycles. The number of carbonyl (C=O) groups excluding carboxylic acids is 4. The van der Waals surface area contributed by atoms with E-state index in [2.05, 4.69) is 15.1 Å². The Morgan fingerprint density at radius 3 is 2.33 bits per heavy atom. The van der Waals surface area contributed by atoms with Gasteiger partial charge in [-0.25, -0.2) is 14.4 Å². The summed E-state index contributed by atoms with van der Waals surface area (Å²) in [5.74, 6) is -1.25. The molecule has 2 N–H and O–H groups in total. The minimum Gasteiger partial charge on any atom is -0.466 e. The number of carbonyl (C=O) groups is 4. The zero-order chi connectivity index (χ0) is 28.5. The lowest BCUT2D eigenvalue weighted by atomic mass is 10.1. The van der Waals surface area contributed by atoms with Crippen molar-refractivity contribution < 1.29 is 33.4 Å². The van der Waals surface area contributed by atoms with E-state index in [1.807, 2.05) is 0 Å². The largest absolute Gasteiger partial charge is 0.466 e. The molecule has 12 heteroatoms. The van der Waals surface area contributed by atoms with Crippen LogP contribution in [0.5, 0.6) is 0 Å². The number of anilines is 1. The number of hydrogen-bond donors (Lipinski definition) is 2. The Balaban J connectivity index is 1.21. The zero-order valence-corrected chi connectivity index (χ0v) is 22.3. The smallest absolute Gasteiger partial charge is 0.420 e. The molecule has 0 bridgehead atoms. The van der Waals surface area contributed by atoms with E-state index in [0.29, 0.717) is 43.9 Å². The highest BCUT2D eigenvalue weighted by Crippen LogP contribution is 2.23. The molecule has 2 amide bonds. The van der Waals surface area contributed by atoms with Gasteiger partial charge in [0.1, 0.15) is 11.9 Å². The molecule has 2 aliphatic heterocycles. The molecule has 2 aromatic rings. The fraction of sp³-hybridized carbons (Fsp3) is 0.393. The van der Waals surface area contributed by atoms with Crippen LogP contribution in [0, 0.1) is 5.41 Å². The van der Waals surface area contributed by atoms with Gasteiger partial charge in [-0.1, -0.05) is 18.2 Å². The minimum absolute atomic E-state index is 0.179. The van der Waals surface area contributed by atoms with E-state index in [-0.39, 0.29) is 23.5 Å². The van der Waals surface area contributed by atoms with Crippen molar-refractivity contribution in [2.24, 2.45) is 0 Å². The topological polar surface area (TPSA) is 142 Å². The average molecular weight is 552 g/mol. The van der Waals surface area contributed by atoms with Gasteiger partial charge in [0.2, 0.25) is 0 Å². The van der Waals surface area contributed by atoms with Crippen LogP contribution in [0.15, 0.2) is 54.6 Å². The molecule has 1 atom stereocenters.